The Kier molecular flexibility index (Phi) is 3.88. The average molecular weight is 316 g/mol. The van der Waals surface area contributed by atoms with Crippen molar-refractivity contribution in [3.05, 3.63) is 28.0 Å². The first kappa shape index (κ1) is 14.6. The van der Waals surface area contributed by atoms with Crippen LogP contribution < -0.4 is 4.72 Å². The Bertz CT molecular complexity index is 747. The Labute approximate surface area is 119 Å². The minimum Gasteiger partial charge on any atom is -0.477 e. The normalized spacial score (nSPS) is 11.7. The van der Waals surface area contributed by atoms with Gasteiger partial charge in [0.1, 0.15) is 17.0 Å². The minimum atomic E-state index is -3.78. The highest BCUT2D eigenvalue weighted by atomic mass is 32.2. The summed E-state index contributed by atoms with van der Waals surface area (Å²) < 4.78 is 28.2. The third-order valence-corrected chi connectivity index (χ3v) is 5.29. The fourth-order valence-corrected chi connectivity index (χ4v) is 3.95. The van der Waals surface area contributed by atoms with Crippen molar-refractivity contribution in [3.8, 4) is 0 Å². The second kappa shape index (κ2) is 5.31. The van der Waals surface area contributed by atoms with Crippen LogP contribution in [0.5, 0.6) is 0 Å². The molecule has 8 nitrogen and oxygen atoms in total. The molecule has 108 valence electrons. The molecule has 0 bridgehead atoms. The summed E-state index contributed by atoms with van der Waals surface area (Å²) in [7, 11) is -2.08. The molecule has 0 spiro atoms. The molecule has 0 saturated carbocycles. The number of rotatable bonds is 5. The lowest BCUT2D eigenvalue weighted by molar-refractivity contribution is 0.0702. The number of sulfonamides is 1. The largest absolute Gasteiger partial charge is 0.477 e. The Morgan fingerprint density at radius 3 is 2.75 bits per heavy atom. The topological polar surface area (TPSA) is 114 Å². The molecule has 10 heteroatoms. The highest BCUT2D eigenvalue weighted by Crippen LogP contribution is 2.25. The highest BCUT2D eigenvalue weighted by molar-refractivity contribution is 7.89. The van der Waals surface area contributed by atoms with Gasteiger partial charge in [-0.15, -0.1) is 21.5 Å². The number of nitrogens with zero attached hydrogens (tertiary/aromatic N) is 3. The van der Waals surface area contributed by atoms with Gasteiger partial charge in [-0.25, -0.2) is 17.9 Å². The van der Waals surface area contributed by atoms with Crippen molar-refractivity contribution < 1.29 is 18.3 Å². The van der Waals surface area contributed by atoms with Gasteiger partial charge in [0, 0.05) is 11.9 Å². The quantitative estimate of drug-likeness (QED) is 0.823. The molecule has 2 aromatic heterocycles. The zero-order chi connectivity index (χ0) is 14.9. The molecule has 0 aliphatic carbocycles. The molecule has 0 atom stereocenters. The maximum Gasteiger partial charge on any atom is 0.345 e. The van der Waals surface area contributed by atoms with Crippen molar-refractivity contribution in [2.45, 2.75) is 18.4 Å². The van der Waals surface area contributed by atoms with E-state index in [1.54, 1.807) is 18.5 Å². The van der Waals surface area contributed by atoms with E-state index in [4.69, 9.17) is 5.11 Å². The van der Waals surface area contributed by atoms with E-state index in [-0.39, 0.29) is 16.3 Å². The van der Waals surface area contributed by atoms with Gasteiger partial charge in [-0.3, -0.25) is 0 Å². The van der Waals surface area contributed by atoms with E-state index in [1.165, 1.54) is 6.33 Å². The molecule has 2 aromatic rings. The van der Waals surface area contributed by atoms with Gasteiger partial charge >= 0.3 is 5.97 Å². The number of carboxylic acid groups (broad SMARTS) is 1. The van der Waals surface area contributed by atoms with Crippen LogP contribution >= 0.6 is 11.3 Å². The van der Waals surface area contributed by atoms with Gasteiger partial charge < -0.3 is 9.67 Å². The van der Waals surface area contributed by atoms with Crippen LogP contribution in [-0.4, -0.2) is 34.3 Å². The van der Waals surface area contributed by atoms with Gasteiger partial charge in [-0.05, 0) is 13.0 Å². The van der Waals surface area contributed by atoms with Gasteiger partial charge in [-0.2, -0.15) is 0 Å². The number of carbonyl (C=O) groups is 1. The Hall–Kier alpha value is -1.78. The van der Waals surface area contributed by atoms with Gasteiger partial charge in [0.15, 0.2) is 0 Å². The molecular weight excluding hydrogens is 304 g/mol. The lowest BCUT2D eigenvalue weighted by atomic mass is 10.4. The molecule has 0 aliphatic rings. The molecule has 0 fully saturated rings. The van der Waals surface area contributed by atoms with E-state index in [1.807, 2.05) is 0 Å². The maximum absolute atomic E-state index is 12.1. The van der Waals surface area contributed by atoms with Crippen LogP contribution in [0.4, 0.5) is 0 Å². The second-order valence-electron chi connectivity index (χ2n) is 4.02. The first-order valence-corrected chi connectivity index (χ1v) is 7.77. The SMILES string of the molecule is Cc1sc(C(=O)O)cc1S(=O)(=O)NCc1nncn1C. The predicted octanol–water partition coefficient (Wildman–Crippen LogP) is 0.362. The first-order valence-electron chi connectivity index (χ1n) is 5.47. The van der Waals surface area contributed by atoms with Gasteiger partial charge in [0.25, 0.3) is 0 Å². The first-order chi connectivity index (χ1) is 9.31. The summed E-state index contributed by atoms with van der Waals surface area (Å²) in [5.74, 6) is -0.687. The number of carboxylic acids is 1. The molecule has 0 amide bonds. The number of aryl methyl sites for hydroxylation is 2. The fraction of sp³-hybridized carbons (Fsp3) is 0.300. The van der Waals surface area contributed by atoms with E-state index < -0.39 is 16.0 Å². The van der Waals surface area contributed by atoms with Crippen LogP contribution in [0.25, 0.3) is 0 Å². The second-order valence-corrected chi connectivity index (χ2v) is 7.01. The summed E-state index contributed by atoms with van der Waals surface area (Å²) in [6, 6.07) is 1.15. The van der Waals surface area contributed by atoms with E-state index in [2.05, 4.69) is 14.9 Å². The molecule has 20 heavy (non-hydrogen) atoms. The van der Waals surface area contributed by atoms with Crippen molar-refractivity contribution in [2.24, 2.45) is 7.05 Å². The Balaban J connectivity index is 2.22. The predicted molar refractivity (Wildman–Crippen MR) is 71.0 cm³/mol. The molecule has 0 unspecified atom stereocenters. The number of hydrogen-bond donors (Lipinski definition) is 2. The summed E-state index contributed by atoms with van der Waals surface area (Å²) in [6.45, 7) is 1.55. The van der Waals surface area contributed by atoms with Crippen LogP contribution in [0, 0.1) is 6.92 Å². The van der Waals surface area contributed by atoms with Crippen molar-refractivity contribution in [1.29, 1.82) is 0 Å². The summed E-state index contributed by atoms with van der Waals surface area (Å²) >= 11 is 0.924. The molecule has 0 aromatic carbocycles. The molecular formula is C10H12N4O4S2. The highest BCUT2D eigenvalue weighted by Gasteiger charge is 2.22. The number of thiophene rings is 1. The van der Waals surface area contributed by atoms with Crippen LogP contribution in [0.15, 0.2) is 17.3 Å². The van der Waals surface area contributed by atoms with Crippen molar-refractivity contribution >= 4 is 27.3 Å². The van der Waals surface area contributed by atoms with Gasteiger partial charge in [-0.1, -0.05) is 0 Å². The summed E-state index contributed by atoms with van der Waals surface area (Å²) in [5, 5.41) is 16.3. The van der Waals surface area contributed by atoms with Crippen molar-refractivity contribution in [3.63, 3.8) is 0 Å². The number of hydrogen-bond acceptors (Lipinski definition) is 6. The van der Waals surface area contributed by atoms with Gasteiger partial charge in [0.05, 0.1) is 11.4 Å². The maximum atomic E-state index is 12.1. The van der Waals surface area contributed by atoms with E-state index in [0.29, 0.717) is 10.7 Å². The van der Waals surface area contributed by atoms with Crippen LogP contribution in [0.2, 0.25) is 0 Å². The lowest BCUT2D eigenvalue weighted by Gasteiger charge is -2.05. The summed E-state index contributed by atoms with van der Waals surface area (Å²) in [6.07, 6.45) is 1.46. The minimum absolute atomic E-state index is 0.0125. The average Bonchev–Trinajstić information content (AvgIpc) is 2.93. The zero-order valence-corrected chi connectivity index (χ0v) is 12.3. The summed E-state index contributed by atoms with van der Waals surface area (Å²) in [5.41, 5.74) is 0. The Morgan fingerprint density at radius 1 is 1.55 bits per heavy atom. The number of aromatic carboxylic acids is 1. The van der Waals surface area contributed by atoms with Gasteiger partial charge in [0.2, 0.25) is 10.0 Å². The van der Waals surface area contributed by atoms with E-state index >= 15 is 0 Å². The molecule has 2 heterocycles. The van der Waals surface area contributed by atoms with Crippen LogP contribution in [0.3, 0.4) is 0 Å². The molecule has 0 radical (unpaired) electrons. The molecule has 2 rings (SSSR count). The molecule has 0 saturated heterocycles. The monoisotopic (exact) mass is 316 g/mol. The number of nitrogens with one attached hydrogen (secondary N) is 1. The molecule has 2 N–H and O–H groups in total. The van der Waals surface area contributed by atoms with Crippen molar-refractivity contribution in [1.82, 2.24) is 19.5 Å². The van der Waals surface area contributed by atoms with Crippen LogP contribution in [-0.2, 0) is 23.6 Å². The third-order valence-electron chi connectivity index (χ3n) is 2.60. The Morgan fingerprint density at radius 2 is 2.25 bits per heavy atom. The van der Waals surface area contributed by atoms with Crippen LogP contribution in [0.1, 0.15) is 20.4 Å². The number of aromatic nitrogens is 3. The smallest absolute Gasteiger partial charge is 0.345 e. The fourth-order valence-electron chi connectivity index (χ4n) is 1.54. The van der Waals surface area contributed by atoms with E-state index in [0.717, 1.165) is 17.4 Å². The van der Waals surface area contributed by atoms with E-state index in [9.17, 15) is 13.2 Å². The standard InChI is InChI=1S/C10H12N4O4S2/c1-6-8(3-7(19-6)10(15)16)20(17,18)12-4-9-13-11-5-14(9)2/h3,5,12H,4H2,1-2H3,(H,15,16). The third kappa shape index (κ3) is 2.86. The lowest BCUT2D eigenvalue weighted by Crippen LogP contribution is -2.24. The van der Waals surface area contributed by atoms with Crippen molar-refractivity contribution in [2.75, 3.05) is 0 Å². The summed E-state index contributed by atoms with van der Waals surface area (Å²) in [4.78, 5) is 11.2. The molecule has 0 aliphatic heterocycles. The zero-order valence-electron chi connectivity index (χ0n) is 10.7.